The minimum absolute atomic E-state index is 0.193. The van der Waals surface area contributed by atoms with Crippen LogP contribution in [0.2, 0.25) is 0 Å². The van der Waals surface area contributed by atoms with E-state index < -0.39 is 53.3 Å². The number of esters is 1. The van der Waals surface area contributed by atoms with Gasteiger partial charge in [0.15, 0.2) is 0 Å². The Bertz CT molecular complexity index is 713. The Morgan fingerprint density at radius 2 is 1.64 bits per heavy atom. The second-order valence-electron chi connectivity index (χ2n) is 7.53. The Kier molecular flexibility index (Phi) is 7.45. The number of alkyl carbamates (subject to hydrolysis) is 1. The van der Waals surface area contributed by atoms with Crippen LogP contribution in [0.25, 0.3) is 0 Å². The van der Waals surface area contributed by atoms with Gasteiger partial charge in [0.25, 0.3) is 0 Å². The van der Waals surface area contributed by atoms with Crippen molar-refractivity contribution in [1.29, 1.82) is 0 Å². The molecule has 0 radical (unpaired) electrons. The Balaban J connectivity index is 2.84. The van der Waals surface area contributed by atoms with Crippen LogP contribution in [0.3, 0.4) is 0 Å². The zero-order valence-corrected chi connectivity index (χ0v) is 16.6. The summed E-state index contributed by atoms with van der Waals surface area (Å²) in [6.45, 7) is 9.18. The number of ether oxygens (including phenoxy) is 2. The molecule has 0 aliphatic heterocycles. The summed E-state index contributed by atoms with van der Waals surface area (Å²) in [4.78, 5) is 23.9. The van der Waals surface area contributed by atoms with Gasteiger partial charge < -0.3 is 14.8 Å². The fourth-order valence-corrected chi connectivity index (χ4v) is 2.35. The smallest absolute Gasteiger partial charge is 0.416 e. The molecular weight excluding hydrogens is 382 g/mol. The van der Waals surface area contributed by atoms with Crippen LogP contribution in [-0.2, 0) is 20.4 Å². The molecule has 3 atom stereocenters. The maximum atomic E-state index is 13.3. The number of carbonyl (C=O) groups is 2. The van der Waals surface area contributed by atoms with Gasteiger partial charge in [-0.3, -0.25) is 0 Å². The Morgan fingerprint density at radius 1 is 1.07 bits per heavy atom. The van der Waals surface area contributed by atoms with Crippen molar-refractivity contribution in [3.8, 4) is 0 Å². The van der Waals surface area contributed by atoms with Crippen molar-refractivity contribution in [2.24, 2.45) is 0 Å². The van der Waals surface area contributed by atoms with Gasteiger partial charge >= 0.3 is 18.2 Å². The van der Waals surface area contributed by atoms with Gasteiger partial charge in [0, 0.05) is 5.92 Å². The third kappa shape index (κ3) is 7.01. The number of hydrogen-bond acceptors (Lipinski definition) is 4. The molecule has 0 aromatic heterocycles. The monoisotopic (exact) mass is 407 g/mol. The van der Waals surface area contributed by atoms with Crippen molar-refractivity contribution in [1.82, 2.24) is 5.32 Å². The van der Waals surface area contributed by atoms with Gasteiger partial charge in [0.2, 0.25) is 0 Å². The zero-order chi connectivity index (χ0) is 21.9. The average Bonchev–Trinajstić information content (AvgIpc) is 2.51. The van der Waals surface area contributed by atoms with Crippen molar-refractivity contribution in [3.63, 3.8) is 0 Å². The van der Waals surface area contributed by atoms with E-state index >= 15 is 0 Å². The first-order valence-electron chi connectivity index (χ1n) is 8.68. The maximum Gasteiger partial charge on any atom is 0.416 e. The molecule has 0 saturated carbocycles. The van der Waals surface area contributed by atoms with Gasteiger partial charge in [-0.25, -0.2) is 14.0 Å². The highest BCUT2D eigenvalue weighted by atomic mass is 19.4. The number of amides is 1. The molecule has 0 fully saturated rings. The molecule has 1 rings (SSSR count). The van der Waals surface area contributed by atoms with Gasteiger partial charge in [0.1, 0.15) is 23.6 Å². The lowest BCUT2D eigenvalue weighted by atomic mass is 9.91. The van der Waals surface area contributed by atoms with Crippen molar-refractivity contribution < 1.29 is 36.6 Å². The molecule has 9 heteroatoms. The summed E-state index contributed by atoms with van der Waals surface area (Å²) in [5, 5.41) is 2.30. The van der Waals surface area contributed by atoms with E-state index in [0.29, 0.717) is 6.07 Å². The molecule has 1 N–H and O–H groups in total. The first kappa shape index (κ1) is 23.7. The summed E-state index contributed by atoms with van der Waals surface area (Å²) in [5.41, 5.74) is -2.07. The standard InChI is InChI=1S/C19H25F4NO4/c1-10(14-8-7-13(20)9-15(14)19(21,22)23)12(3)27-16(25)11(2)24-17(26)28-18(4,5)6/h7-12H,1-6H3,(H,24,26)/t10-,11-,12+/m0/s1. The van der Waals surface area contributed by atoms with E-state index in [1.807, 2.05) is 0 Å². The summed E-state index contributed by atoms with van der Waals surface area (Å²) >= 11 is 0. The summed E-state index contributed by atoms with van der Waals surface area (Å²) in [6, 6.07) is 1.28. The fraction of sp³-hybridized carbons (Fsp3) is 0.579. The number of rotatable bonds is 5. The highest BCUT2D eigenvalue weighted by Crippen LogP contribution is 2.37. The number of hydrogen-bond donors (Lipinski definition) is 1. The van der Waals surface area contributed by atoms with Crippen molar-refractivity contribution in [3.05, 3.63) is 35.1 Å². The third-order valence-corrected chi connectivity index (χ3v) is 3.90. The SMILES string of the molecule is C[C@H](NC(=O)OC(C)(C)C)C(=O)O[C@H](C)[C@H](C)c1ccc(F)cc1C(F)(F)F. The minimum atomic E-state index is -4.75. The van der Waals surface area contributed by atoms with Crippen LogP contribution in [0, 0.1) is 5.82 Å². The molecule has 1 aromatic rings. The van der Waals surface area contributed by atoms with Crippen LogP contribution in [-0.4, -0.2) is 29.8 Å². The quantitative estimate of drug-likeness (QED) is 0.563. The molecule has 0 unspecified atom stereocenters. The number of halogens is 4. The van der Waals surface area contributed by atoms with Gasteiger partial charge in [0.05, 0.1) is 5.56 Å². The van der Waals surface area contributed by atoms with E-state index in [4.69, 9.17) is 9.47 Å². The topological polar surface area (TPSA) is 64.6 Å². The minimum Gasteiger partial charge on any atom is -0.461 e. The molecule has 0 bridgehead atoms. The van der Waals surface area contributed by atoms with Crippen LogP contribution in [0.5, 0.6) is 0 Å². The lowest BCUT2D eigenvalue weighted by Crippen LogP contribution is -2.43. The lowest BCUT2D eigenvalue weighted by molar-refractivity contribution is -0.151. The summed E-state index contributed by atoms with van der Waals surface area (Å²) < 4.78 is 63.0. The molecule has 1 amide bonds. The maximum absolute atomic E-state index is 13.3. The first-order valence-corrected chi connectivity index (χ1v) is 8.68. The highest BCUT2D eigenvalue weighted by molar-refractivity contribution is 5.81. The Labute approximate surface area is 161 Å². The number of nitrogens with one attached hydrogen (secondary N) is 1. The molecule has 0 spiro atoms. The van der Waals surface area contributed by atoms with E-state index in [0.717, 1.165) is 12.1 Å². The van der Waals surface area contributed by atoms with E-state index in [-0.39, 0.29) is 5.56 Å². The van der Waals surface area contributed by atoms with Crippen LogP contribution < -0.4 is 5.32 Å². The molecule has 0 heterocycles. The molecule has 5 nitrogen and oxygen atoms in total. The molecule has 0 aliphatic carbocycles. The predicted molar refractivity (Wildman–Crippen MR) is 94.2 cm³/mol. The van der Waals surface area contributed by atoms with Crippen LogP contribution in [0.1, 0.15) is 58.6 Å². The summed E-state index contributed by atoms with van der Waals surface area (Å²) in [5.74, 6) is -2.71. The zero-order valence-electron chi connectivity index (χ0n) is 16.6. The Morgan fingerprint density at radius 3 is 2.14 bits per heavy atom. The number of alkyl halides is 3. The van der Waals surface area contributed by atoms with Gasteiger partial charge in [-0.05, 0) is 52.3 Å². The van der Waals surface area contributed by atoms with Crippen LogP contribution in [0.15, 0.2) is 18.2 Å². The molecule has 158 valence electrons. The average molecular weight is 407 g/mol. The molecule has 0 saturated heterocycles. The highest BCUT2D eigenvalue weighted by Gasteiger charge is 2.36. The second-order valence-corrected chi connectivity index (χ2v) is 7.53. The van der Waals surface area contributed by atoms with Gasteiger partial charge in [-0.15, -0.1) is 0 Å². The molecular formula is C19H25F4NO4. The van der Waals surface area contributed by atoms with Gasteiger partial charge in [-0.1, -0.05) is 13.0 Å². The number of carbonyl (C=O) groups excluding carboxylic acids is 2. The van der Waals surface area contributed by atoms with E-state index in [1.54, 1.807) is 20.8 Å². The Hall–Kier alpha value is -2.32. The molecule has 28 heavy (non-hydrogen) atoms. The van der Waals surface area contributed by atoms with E-state index in [1.165, 1.54) is 20.8 Å². The lowest BCUT2D eigenvalue weighted by Gasteiger charge is -2.26. The van der Waals surface area contributed by atoms with Crippen LogP contribution in [0.4, 0.5) is 22.4 Å². The second kappa shape index (κ2) is 8.79. The third-order valence-electron chi connectivity index (χ3n) is 3.90. The van der Waals surface area contributed by atoms with E-state index in [9.17, 15) is 27.2 Å². The summed E-state index contributed by atoms with van der Waals surface area (Å²) in [7, 11) is 0. The van der Waals surface area contributed by atoms with E-state index in [2.05, 4.69) is 5.32 Å². The molecule has 0 aliphatic rings. The van der Waals surface area contributed by atoms with Crippen molar-refractivity contribution in [2.45, 2.75) is 71.4 Å². The van der Waals surface area contributed by atoms with Gasteiger partial charge in [-0.2, -0.15) is 13.2 Å². The number of benzene rings is 1. The van der Waals surface area contributed by atoms with Crippen molar-refractivity contribution >= 4 is 12.1 Å². The first-order chi connectivity index (χ1) is 12.6. The normalized spacial score (nSPS) is 15.4. The molecule has 1 aromatic carbocycles. The fourth-order valence-electron chi connectivity index (χ4n) is 2.35. The summed E-state index contributed by atoms with van der Waals surface area (Å²) in [6.07, 6.45) is -6.53. The van der Waals surface area contributed by atoms with Crippen molar-refractivity contribution in [2.75, 3.05) is 0 Å². The largest absolute Gasteiger partial charge is 0.461 e. The predicted octanol–water partition coefficient (Wildman–Crippen LogP) is 4.79. The van der Waals surface area contributed by atoms with Crippen LogP contribution >= 0.6 is 0 Å².